The molecule has 0 bridgehead atoms. The molecule has 3 aliphatic rings. The second-order valence-electron chi connectivity index (χ2n) is 5.33. The summed E-state index contributed by atoms with van der Waals surface area (Å²) in [6.07, 6.45) is 4.49. The number of fused-ring (bicyclic) bond motifs is 3. The Kier molecular flexibility index (Phi) is 2.58. The Morgan fingerprint density at radius 2 is 1.82 bits per heavy atom. The molecule has 0 N–H and O–H groups in total. The third-order valence-corrected chi connectivity index (χ3v) is 10.6. The minimum atomic E-state index is -1.82. The molecule has 0 fully saturated rings. The van der Waals surface area contributed by atoms with Crippen LogP contribution in [0.4, 0.5) is 11.4 Å². The second-order valence-corrected chi connectivity index (χ2v) is 10.5. The van der Waals surface area contributed by atoms with E-state index in [0.717, 1.165) is 11.5 Å². The van der Waals surface area contributed by atoms with Crippen molar-refractivity contribution in [1.29, 1.82) is 0 Å². The summed E-state index contributed by atoms with van der Waals surface area (Å²) >= 11 is -1.82. The zero-order valence-electron chi connectivity index (χ0n) is 12.0. The topological polar surface area (TPSA) is 24.9 Å². The Hall–Kier alpha value is -1.96. The number of ether oxygens (including phenoxy) is 2. The van der Waals surface area contributed by atoms with Crippen LogP contribution in [0.5, 0.6) is 11.5 Å². The number of hydrogen-bond donors (Lipinski definition) is 0. The van der Waals surface area contributed by atoms with Crippen LogP contribution in [0.15, 0.2) is 54.7 Å². The van der Waals surface area contributed by atoms with E-state index in [-0.39, 0.29) is 0 Å². The number of likely N-dealkylation sites (N-methyl/N-ethyl adjacent to an activating group) is 1. The van der Waals surface area contributed by atoms with Crippen molar-refractivity contribution in [3.05, 3.63) is 54.7 Å². The molecule has 5 heteroatoms. The number of benzene rings is 2. The van der Waals surface area contributed by atoms with Gasteiger partial charge in [-0.2, -0.15) is 0 Å². The zero-order chi connectivity index (χ0) is 14.7. The molecule has 0 amide bonds. The average molecular weight is 406 g/mol. The molecule has 0 spiro atoms. The first-order valence-corrected chi connectivity index (χ1v) is 10.5. The number of para-hydroxylation sites is 1. The minimum absolute atomic E-state index is 0.328. The van der Waals surface area contributed by atoms with Crippen molar-refractivity contribution in [2.24, 2.45) is 0 Å². The Bertz CT molecular complexity index is 845. The number of nitrogens with zero attached hydrogens (tertiary/aromatic N) is 2. The molecule has 4 nitrogen and oxygen atoms in total. The van der Waals surface area contributed by atoms with E-state index in [9.17, 15) is 0 Å². The van der Waals surface area contributed by atoms with Crippen LogP contribution in [0, 0.1) is 0 Å². The van der Waals surface area contributed by atoms with Crippen molar-refractivity contribution < 1.29 is 9.47 Å². The van der Waals surface area contributed by atoms with Gasteiger partial charge in [0.2, 0.25) is 0 Å². The second kappa shape index (κ2) is 4.52. The normalized spacial score (nSPS) is 18.1. The van der Waals surface area contributed by atoms with Gasteiger partial charge in [-0.15, -0.1) is 0 Å². The van der Waals surface area contributed by atoms with E-state index >= 15 is 0 Å². The van der Waals surface area contributed by atoms with Gasteiger partial charge in [0.1, 0.15) is 0 Å². The molecule has 0 saturated carbocycles. The standard InChI is InChI=1S/C17H14N2O2Te/c1-18-13-9-14-15(21-11-20-14)10-16(13)22-17(18)7-8-19(22)12-5-3-2-4-6-12/h2-10H,11H2,1H3. The number of rotatable bonds is 1. The zero-order valence-corrected chi connectivity index (χ0v) is 14.4. The molecule has 3 aliphatic heterocycles. The molecule has 2 aromatic carbocycles. The van der Waals surface area contributed by atoms with Gasteiger partial charge in [-0.05, 0) is 0 Å². The molecular formula is C17H14N2O2Te. The number of hydrogen-bond acceptors (Lipinski definition) is 4. The van der Waals surface area contributed by atoms with Crippen LogP contribution >= 0.6 is 0 Å². The first-order chi connectivity index (χ1) is 10.8. The molecule has 3 heterocycles. The van der Waals surface area contributed by atoms with Crippen LogP contribution in [0.25, 0.3) is 0 Å². The molecule has 0 radical (unpaired) electrons. The van der Waals surface area contributed by atoms with Gasteiger partial charge in [0.25, 0.3) is 0 Å². The van der Waals surface area contributed by atoms with Crippen LogP contribution in [0.3, 0.4) is 0 Å². The van der Waals surface area contributed by atoms with E-state index < -0.39 is 19.3 Å². The van der Waals surface area contributed by atoms with Crippen molar-refractivity contribution in [1.82, 2.24) is 0 Å². The molecule has 2 aromatic rings. The van der Waals surface area contributed by atoms with E-state index in [1.165, 1.54) is 18.7 Å². The van der Waals surface area contributed by atoms with Crippen LogP contribution in [0.1, 0.15) is 0 Å². The summed E-state index contributed by atoms with van der Waals surface area (Å²) in [7, 11) is 2.15. The summed E-state index contributed by atoms with van der Waals surface area (Å²) in [5.41, 5.74) is 2.53. The fourth-order valence-electron chi connectivity index (χ4n) is 3.03. The summed E-state index contributed by atoms with van der Waals surface area (Å²) in [5, 5.41) is 0. The van der Waals surface area contributed by atoms with Gasteiger partial charge >= 0.3 is 136 Å². The third kappa shape index (κ3) is 1.61. The van der Waals surface area contributed by atoms with Crippen LogP contribution in [-0.2, 0) is 0 Å². The van der Waals surface area contributed by atoms with Gasteiger partial charge in [-0.1, -0.05) is 0 Å². The molecule has 5 rings (SSSR count). The van der Waals surface area contributed by atoms with Crippen molar-refractivity contribution >= 4 is 38.0 Å². The first kappa shape index (κ1) is 12.6. The Morgan fingerprint density at radius 3 is 2.64 bits per heavy atom. The van der Waals surface area contributed by atoms with Crippen LogP contribution in [0.2, 0.25) is 0 Å². The molecule has 0 unspecified atom stereocenters. The first-order valence-electron chi connectivity index (χ1n) is 7.14. The van der Waals surface area contributed by atoms with Gasteiger partial charge in [-0.3, -0.25) is 0 Å². The molecule has 0 aliphatic carbocycles. The summed E-state index contributed by atoms with van der Waals surface area (Å²) in [6.45, 7) is 0.328. The fourth-order valence-corrected chi connectivity index (χ4v) is 9.64. The van der Waals surface area contributed by atoms with Crippen LogP contribution < -0.4 is 21.1 Å². The maximum absolute atomic E-state index is 5.59. The predicted molar refractivity (Wildman–Crippen MR) is 89.4 cm³/mol. The Balaban J connectivity index is 1.68. The van der Waals surface area contributed by atoms with Gasteiger partial charge in [0.05, 0.1) is 0 Å². The Morgan fingerprint density at radius 1 is 1.05 bits per heavy atom. The molecule has 110 valence electrons. The predicted octanol–water partition coefficient (Wildman–Crippen LogP) is 1.81. The molecule has 22 heavy (non-hydrogen) atoms. The van der Waals surface area contributed by atoms with E-state index in [1.54, 1.807) is 0 Å². The van der Waals surface area contributed by atoms with Crippen molar-refractivity contribution in [3.63, 3.8) is 0 Å². The van der Waals surface area contributed by atoms with Gasteiger partial charge in [-0.25, -0.2) is 0 Å². The summed E-state index contributed by atoms with van der Waals surface area (Å²) in [5.74, 6) is 1.75. The molecule has 0 aromatic heterocycles. The Labute approximate surface area is 135 Å². The fraction of sp³-hybridized carbons (Fsp3) is 0.118. The van der Waals surface area contributed by atoms with E-state index in [0.29, 0.717) is 6.79 Å². The SMILES string of the molecule is CN1C2=[Te](c3cc4c(cc31)OCO4)N(c1ccccc1)C=C2. The average Bonchev–Trinajstić information content (AvgIpc) is 3.24. The summed E-state index contributed by atoms with van der Waals surface area (Å²) in [4.78, 5) is 2.31. The van der Waals surface area contributed by atoms with Gasteiger partial charge in [0, 0.05) is 0 Å². The molecule has 0 saturated heterocycles. The van der Waals surface area contributed by atoms with Crippen molar-refractivity contribution in [3.8, 4) is 11.5 Å². The number of anilines is 2. The molecular weight excluding hydrogens is 392 g/mol. The van der Waals surface area contributed by atoms with Gasteiger partial charge in [0.15, 0.2) is 0 Å². The van der Waals surface area contributed by atoms with Gasteiger partial charge < -0.3 is 0 Å². The van der Waals surface area contributed by atoms with Crippen LogP contribution in [-0.4, -0.2) is 36.9 Å². The third-order valence-electron chi connectivity index (χ3n) is 4.11. The van der Waals surface area contributed by atoms with E-state index in [4.69, 9.17) is 9.47 Å². The van der Waals surface area contributed by atoms with Crippen molar-refractivity contribution in [2.45, 2.75) is 0 Å². The summed E-state index contributed by atoms with van der Waals surface area (Å²) in [6, 6.07) is 14.9. The monoisotopic (exact) mass is 408 g/mol. The van der Waals surface area contributed by atoms with Crippen molar-refractivity contribution in [2.75, 3.05) is 21.9 Å². The van der Waals surface area contributed by atoms with E-state index in [1.807, 2.05) is 0 Å². The van der Waals surface area contributed by atoms with E-state index in [2.05, 4.69) is 69.8 Å². The maximum atomic E-state index is 5.59. The summed E-state index contributed by atoms with van der Waals surface area (Å²) < 4.78 is 16.5. The quantitative estimate of drug-likeness (QED) is 0.676. The molecule has 0 atom stereocenters.